The van der Waals surface area contributed by atoms with Crippen molar-refractivity contribution in [2.45, 2.75) is 26.3 Å². The number of hydrogen-bond acceptors (Lipinski definition) is 7. The van der Waals surface area contributed by atoms with Gasteiger partial charge in [-0.1, -0.05) is 6.07 Å². The molecule has 0 amide bonds. The van der Waals surface area contributed by atoms with Crippen molar-refractivity contribution in [1.82, 2.24) is 29.3 Å². The zero-order valence-corrected chi connectivity index (χ0v) is 15.4. The summed E-state index contributed by atoms with van der Waals surface area (Å²) in [5, 5.41) is 3.31. The van der Waals surface area contributed by atoms with Crippen LogP contribution in [0.2, 0.25) is 0 Å². The number of anilines is 2. The third-order valence-corrected chi connectivity index (χ3v) is 4.35. The molecule has 4 heterocycles. The molecule has 4 aromatic heterocycles. The van der Waals surface area contributed by atoms with Gasteiger partial charge in [0, 0.05) is 18.0 Å². The number of imidazole rings is 1. The van der Waals surface area contributed by atoms with E-state index in [1.54, 1.807) is 6.20 Å². The highest BCUT2D eigenvalue weighted by Crippen LogP contribution is 2.24. The minimum Gasteiger partial charge on any atom is -0.368 e. The van der Waals surface area contributed by atoms with Gasteiger partial charge in [0.1, 0.15) is 5.82 Å². The number of nitrogens with two attached hydrogens (primary N) is 1. The van der Waals surface area contributed by atoms with E-state index < -0.39 is 5.54 Å². The van der Waals surface area contributed by atoms with Crippen LogP contribution in [0, 0.1) is 6.92 Å². The molecule has 0 aromatic carbocycles. The number of pyridine rings is 2. The first-order chi connectivity index (χ1) is 12.9. The van der Waals surface area contributed by atoms with Gasteiger partial charge in [0.05, 0.1) is 22.9 Å². The molecule has 0 aliphatic carbocycles. The molecule has 136 valence electrons. The van der Waals surface area contributed by atoms with E-state index in [0.717, 1.165) is 22.6 Å². The molecule has 0 aliphatic rings. The first-order valence-corrected chi connectivity index (χ1v) is 8.58. The molecular formula is C19H20N8. The lowest BCUT2D eigenvalue weighted by Gasteiger charge is -2.25. The van der Waals surface area contributed by atoms with Crippen LogP contribution >= 0.6 is 0 Å². The van der Waals surface area contributed by atoms with E-state index in [-0.39, 0.29) is 5.95 Å². The van der Waals surface area contributed by atoms with Gasteiger partial charge in [-0.15, -0.1) is 0 Å². The van der Waals surface area contributed by atoms with E-state index in [0.29, 0.717) is 11.8 Å². The maximum Gasteiger partial charge on any atom is 0.228 e. The van der Waals surface area contributed by atoms with Crippen LogP contribution in [0.15, 0.2) is 48.9 Å². The Morgan fingerprint density at radius 2 is 1.89 bits per heavy atom. The largest absolute Gasteiger partial charge is 0.368 e. The number of nitrogens with one attached hydrogen (secondary N) is 1. The fourth-order valence-corrected chi connectivity index (χ4v) is 2.90. The molecule has 0 saturated carbocycles. The zero-order valence-electron chi connectivity index (χ0n) is 15.4. The van der Waals surface area contributed by atoms with Crippen LogP contribution in [-0.4, -0.2) is 29.3 Å². The highest BCUT2D eigenvalue weighted by molar-refractivity contribution is 5.61. The Labute approximate surface area is 156 Å². The van der Waals surface area contributed by atoms with Crippen LogP contribution in [0.4, 0.5) is 11.9 Å². The molecule has 4 rings (SSSR count). The minimum atomic E-state index is -0.475. The molecule has 4 aromatic rings. The van der Waals surface area contributed by atoms with Gasteiger partial charge in [-0.2, -0.15) is 15.0 Å². The molecule has 0 spiro atoms. The van der Waals surface area contributed by atoms with Crippen molar-refractivity contribution in [2.24, 2.45) is 0 Å². The van der Waals surface area contributed by atoms with Crippen molar-refractivity contribution >= 4 is 17.4 Å². The van der Waals surface area contributed by atoms with Crippen molar-refractivity contribution in [3.63, 3.8) is 0 Å². The summed E-state index contributed by atoms with van der Waals surface area (Å²) < 4.78 is 1.99. The van der Waals surface area contributed by atoms with Gasteiger partial charge >= 0.3 is 0 Å². The summed E-state index contributed by atoms with van der Waals surface area (Å²) in [7, 11) is 0. The first-order valence-electron chi connectivity index (χ1n) is 8.58. The SMILES string of the molecule is Cc1ncc2ccc(-c3nc(N)nc(NC(C)(C)c4ccccn4)n3)cn12. The number of fused-ring (bicyclic) bond motifs is 1. The topological polar surface area (TPSA) is 107 Å². The third-order valence-electron chi connectivity index (χ3n) is 4.35. The summed E-state index contributed by atoms with van der Waals surface area (Å²) in [5.41, 5.74) is 8.18. The highest BCUT2D eigenvalue weighted by atomic mass is 15.2. The van der Waals surface area contributed by atoms with Crippen LogP contribution in [-0.2, 0) is 5.54 Å². The van der Waals surface area contributed by atoms with Crippen molar-refractivity contribution in [1.29, 1.82) is 0 Å². The summed E-state index contributed by atoms with van der Waals surface area (Å²) in [6.45, 7) is 5.96. The van der Waals surface area contributed by atoms with Gasteiger partial charge in [-0.25, -0.2) is 4.98 Å². The Morgan fingerprint density at radius 3 is 2.67 bits per heavy atom. The lowest BCUT2D eigenvalue weighted by Crippen LogP contribution is -2.30. The Morgan fingerprint density at radius 1 is 1.04 bits per heavy atom. The maximum atomic E-state index is 5.94. The van der Waals surface area contributed by atoms with Gasteiger partial charge < -0.3 is 15.5 Å². The van der Waals surface area contributed by atoms with Crippen LogP contribution in [0.25, 0.3) is 16.9 Å². The normalized spacial score (nSPS) is 11.7. The number of aromatic nitrogens is 6. The molecular weight excluding hydrogens is 340 g/mol. The fourth-order valence-electron chi connectivity index (χ4n) is 2.90. The first kappa shape index (κ1) is 16.9. The van der Waals surface area contributed by atoms with E-state index >= 15 is 0 Å². The minimum absolute atomic E-state index is 0.154. The number of nitrogen functional groups attached to an aromatic ring is 1. The van der Waals surface area contributed by atoms with Gasteiger partial charge in [0.25, 0.3) is 0 Å². The van der Waals surface area contributed by atoms with Gasteiger partial charge in [0.15, 0.2) is 5.82 Å². The number of hydrogen-bond donors (Lipinski definition) is 2. The van der Waals surface area contributed by atoms with E-state index in [1.807, 2.05) is 67.9 Å². The summed E-state index contributed by atoms with van der Waals surface area (Å²) in [6, 6.07) is 9.70. The van der Waals surface area contributed by atoms with Gasteiger partial charge in [-0.3, -0.25) is 4.98 Å². The molecule has 0 fully saturated rings. The Bertz CT molecular complexity index is 1100. The van der Waals surface area contributed by atoms with E-state index in [4.69, 9.17) is 5.73 Å². The predicted molar refractivity (Wildman–Crippen MR) is 104 cm³/mol. The standard InChI is InChI=1S/C19H20N8/c1-12-22-10-14-8-7-13(11-27(12)14)16-23-17(20)25-18(24-16)26-19(2,3)15-6-4-5-9-21-15/h4-11H,1-3H3,(H3,20,23,24,25,26). The molecule has 0 unspecified atom stereocenters. The van der Waals surface area contributed by atoms with E-state index in [2.05, 4.69) is 30.2 Å². The molecule has 3 N–H and O–H groups in total. The fraction of sp³-hybridized carbons (Fsp3) is 0.211. The maximum absolute atomic E-state index is 5.94. The van der Waals surface area contributed by atoms with Crippen LogP contribution < -0.4 is 11.1 Å². The highest BCUT2D eigenvalue weighted by Gasteiger charge is 2.23. The molecule has 27 heavy (non-hydrogen) atoms. The van der Waals surface area contributed by atoms with Crippen LogP contribution in [0.3, 0.4) is 0 Å². The monoisotopic (exact) mass is 360 g/mol. The van der Waals surface area contributed by atoms with Gasteiger partial charge in [-0.05, 0) is 45.0 Å². The molecule has 8 nitrogen and oxygen atoms in total. The Kier molecular flexibility index (Phi) is 3.95. The predicted octanol–water partition coefficient (Wildman–Crippen LogP) is 2.82. The average molecular weight is 360 g/mol. The van der Waals surface area contributed by atoms with Crippen molar-refractivity contribution in [3.8, 4) is 11.4 Å². The Balaban J connectivity index is 1.71. The molecule has 0 bridgehead atoms. The number of aryl methyl sites for hydroxylation is 1. The lowest BCUT2D eigenvalue weighted by molar-refractivity contribution is 0.580. The molecule has 0 atom stereocenters. The third kappa shape index (κ3) is 3.29. The molecule has 0 radical (unpaired) electrons. The quantitative estimate of drug-likeness (QED) is 0.576. The van der Waals surface area contributed by atoms with E-state index in [1.165, 1.54) is 0 Å². The van der Waals surface area contributed by atoms with E-state index in [9.17, 15) is 0 Å². The lowest BCUT2D eigenvalue weighted by atomic mass is 10.0. The second kappa shape index (κ2) is 6.31. The summed E-state index contributed by atoms with van der Waals surface area (Å²) in [5.74, 6) is 1.94. The van der Waals surface area contributed by atoms with Crippen LogP contribution in [0.5, 0.6) is 0 Å². The van der Waals surface area contributed by atoms with Crippen molar-refractivity contribution < 1.29 is 0 Å². The Hall–Kier alpha value is -3.55. The second-order valence-electron chi connectivity index (χ2n) is 6.82. The second-order valence-corrected chi connectivity index (χ2v) is 6.82. The number of nitrogens with zero attached hydrogens (tertiary/aromatic N) is 6. The summed E-state index contributed by atoms with van der Waals surface area (Å²) in [6.07, 6.45) is 5.53. The van der Waals surface area contributed by atoms with Gasteiger partial charge in [0.2, 0.25) is 11.9 Å². The van der Waals surface area contributed by atoms with Crippen LogP contribution in [0.1, 0.15) is 25.4 Å². The molecule has 0 saturated heterocycles. The molecule has 0 aliphatic heterocycles. The zero-order chi connectivity index (χ0) is 19.0. The number of rotatable bonds is 4. The van der Waals surface area contributed by atoms with Crippen molar-refractivity contribution in [2.75, 3.05) is 11.1 Å². The molecule has 8 heteroatoms. The van der Waals surface area contributed by atoms with Crippen molar-refractivity contribution in [3.05, 3.63) is 60.4 Å². The summed E-state index contributed by atoms with van der Waals surface area (Å²) in [4.78, 5) is 21.8. The summed E-state index contributed by atoms with van der Waals surface area (Å²) >= 11 is 0. The smallest absolute Gasteiger partial charge is 0.228 e. The average Bonchev–Trinajstić information content (AvgIpc) is 3.02.